The molecule has 1 amide bonds. The van der Waals surface area contributed by atoms with Gasteiger partial charge in [0.15, 0.2) is 0 Å². The van der Waals surface area contributed by atoms with Gasteiger partial charge < -0.3 is 16.2 Å². The van der Waals surface area contributed by atoms with Crippen LogP contribution in [0.25, 0.3) is 0 Å². The van der Waals surface area contributed by atoms with Gasteiger partial charge in [-0.2, -0.15) is 0 Å². The highest BCUT2D eigenvalue weighted by atomic mass is 16.5. The molecule has 2 rings (SSSR count). The lowest BCUT2D eigenvalue weighted by molar-refractivity contribution is -0.124. The maximum absolute atomic E-state index is 11.4. The molecule has 1 aromatic rings. The summed E-state index contributed by atoms with van der Waals surface area (Å²) in [5.41, 5.74) is 13.3. The quantitative estimate of drug-likeness (QED) is 0.855. The zero-order chi connectivity index (χ0) is 15.4. The SMILES string of the molecule is COc1cc(CN2CC(C(N)=O)CCC2C)ccc1CN. The number of carbonyl (C=O) groups excluding carboxylic acids is 1. The van der Waals surface area contributed by atoms with Crippen molar-refractivity contribution in [3.05, 3.63) is 29.3 Å². The van der Waals surface area contributed by atoms with Crippen LogP contribution in [0.2, 0.25) is 0 Å². The molecule has 1 saturated heterocycles. The number of primary amides is 1. The Morgan fingerprint density at radius 1 is 1.43 bits per heavy atom. The average Bonchev–Trinajstić information content (AvgIpc) is 2.49. The Balaban J connectivity index is 2.10. The van der Waals surface area contributed by atoms with Crippen molar-refractivity contribution in [2.45, 2.75) is 38.9 Å². The first kappa shape index (κ1) is 15.8. The van der Waals surface area contributed by atoms with Gasteiger partial charge in [0.2, 0.25) is 5.91 Å². The number of rotatable bonds is 5. The van der Waals surface area contributed by atoms with E-state index in [1.807, 2.05) is 12.1 Å². The van der Waals surface area contributed by atoms with E-state index in [9.17, 15) is 4.79 Å². The highest BCUT2D eigenvalue weighted by Crippen LogP contribution is 2.26. The maximum Gasteiger partial charge on any atom is 0.221 e. The number of nitrogens with two attached hydrogens (primary N) is 2. The Bertz CT molecular complexity index is 504. The van der Waals surface area contributed by atoms with Crippen LogP contribution in [0.5, 0.6) is 5.75 Å². The molecule has 2 atom stereocenters. The lowest BCUT2D eigenvalue weighted by Gasteiger charge is -2.37. The third kappa shape index (κ3) is 3.74. The van der Waals surface area contributed by atoms with Crippen molar-refractivity contribution in [1.29, 1.82) is 0 Å². The second kappa shape index (κ2) is 6.91. The van der Waals surface area contributed by atoms with Crippen LogP contribution in [0.4, 0.5) is 0 Å². The molecule has 4 N–H and O–H groups in total. The fourth-order valence-corrected chi connectivity index (χ4v) is 2.92. The standard InChI is InChI=1S/C16H25N3O2/c1-11-3-5-14(16(18)20)10-19(11)9-12-4-6-13(8-17)15(7-12)21-2/h4,6-7,11,14H,3,5,8-10,17H2,1-2H3,(H2,18,20). The van der Waals surface area contributed by atoms with E-state index in [1.54, 1.807) is 7.11 Å². The van der Waals surface area contributed by atoms with Gasteiger partial charge in [-0.3, -0.25) is 9.69 Å². The highest BCUT2D eigenvalue weighted by molar-refractivity contribution is 5.77. The molecule has 0 spiro atoms. The number of hydrogen-bond donors (Lipinski definition) is 2. The first-order chi connectivity index (χ1) is 10.0. The molecule has 0 aromatic heterocycles. The molecule has 0 bridgehead atoms. The number of methoxy groups -OCH3 is 1. The minimum atomic E-state index is -0.192. The molecule has 1 heterocycles. The summed E-state index contributed by atoms with van der Waals surface area (Å²) >= 11 is 0. The smallest absolute Gasteiger partial charge is 0.221 e. The second-order valence-corrected chi connectivity index (χ2v) is 5.81. The molecule has 1 aromatic carbocycles. The van der Waals surface area contributed by atoms with Gasteiger partial charge in [-0.1, -0.05) is 12.1 Å². The fraction of sp³-hybridized carbons (Fsp3) is 0.562. The van der Waals surface area contributed by atoms with Crippen LogP contribution in [0.15, 0.2) is 18.2 Å². The van der Waals surface area contributed by atoms with Crippen molar-refractivity contribution < 1.29 is 9.53 Å². The van der Waals surface area contributed by atoms with E-state index in [0.29, 0.717) is 12.6 Å². The van der Waals surface area contributed by atoms with Crippen LogP contribution < -0.4 is 16.2 Å². The van der Waals surface area contributed by atoms with Crippen molar-refractivity contribution in [2.24, 2.45) is 17.4 Å². The fourth-order valence-electron chi connectivity index (χ4n) is 2.92. The number of carbonyl (C=O) groups is 1. The molecule has 1 aliphatic rings. The van der Waals surface area contributed by atoms with E-state index >= 15 is 0 Å². The Hall–Kier alpha value is -1.59. The number of piperidine rings is 1. The van der Waals surface area contributed by atoms with Crippen molar-refractivity contribution in [3.63, 3.8) is 0 Å². The number of hydrogen-bond acceptors (Lipinski definition) is 4. The molecule has 116 valence electrons. The summed E-state index contributed by atoms with van der Waals surface area (Å²) in [5.74, 6) is 0.598. The largest absolute Gasteiger partial charge is 0.496 e. The summed E-state index contributed by atoms with van der Waals surface area (Å²) in [6, 6.07) is 6.57. The summed E-state index contributed by atoms with van der Waals surface area (Å²) in [5, 5.41) is 0. The molecule has 1 fully saturated rings. The number of amides is 1. The van der Waals surface area contributed by atoms with Gasteiger partial charge in [0.1, 0.15) is 5.75 Å². The molecular formula is C16H25N3O2. The normalized spacial score (nSPS) is 23.0. The lowest BCUT2D eigenvalue weighted by Crippen LogP contribution is -2.45. The van der Waals surface area contributed by atoms with Crippen molar-refractivity contribution in [2.75, 3.05) is 13.7 Å². The summed E-state index contributed by atoms with van der Waals surface area (Å²) in [4.78, 5) is 13.7. The predicted molar refractivity (Wildman–Crippen MR) is 82.7 cm³/mol. The van der Waals surface area contributed by atoms with Crippen LogP contribution >= 0.6 is 0 Å². The lowest BCUT2D eigenvalue weighted by atomic mass is 9.92. The van der Waals surface area contributed by atoms with Gasteiger partial charge in [-0.15, -0.1) is 0 Å². The van der Waals surface area contributed by atoms with Crippen molar-refractivity contribution in [1.82, 2.24) is 4.90 Å². The van der Waals surface area contributed by atoms with E-state index in [2.05, 4.69) is 17.9 Å². The zero-order valence-corrected chi connectivity index (χ0v) is 12.8. The van der Waals surface area contributed by atoms with Crippen LogP contribution in [0.1, 0.15) is 30.9 Å². The van der Waals surface area contributed by atoms with Gasteiger partial charge in [0.05, 0.1) is 13.0 Å². The first-order valence-electron chi connectivity index (χ1n) is 7.44. The van der Waals surface area contributed by atoms with Crippen molar-refractivity contribution in [3.8, 4) is 5.75 Å². The third-order valence-electron chi connectivity index (χ3n) is 4.37. The minimum Gasteiger partial charge on any atom is -0.496 e. The van der Waals surface area contributed by atoms with Gasteiger partial charge in [0, 0.05) is 31.2 Å². The van der Waals surface area contributed by atoms with E-state index in [-0.39, 0.29) is 11.8 Å². The number of benzene rings is 1. The molecule has 5 nitrogen and oxygen atoms in total. The number of ether oxygens (including phenoxy) is 1. The van der Waals surface area contributed by atoms with Crippen molar-refractivity contribution >= 4 is 5.91 Å². The summed E-state index contributed by atoms with van der Waals surface area (Å²) in [7, 11) is 1.66. The Labute approximate surface area is 126 Å². The summed E-state index contributed by atoms with van der Waals surface area (Å²) in [6.07, 6.45) is 1.90. The minimum absolute atomic E-state index is 0.0357. The van der Waals surface area contributed by atoms with Gasteiger partial charge >= 0.3 is 0 Å². The zero-order valence-electron chi connectivity index (χ0n) is 12.8. The topological polar surface area (TPSA) is 81.6 Å². The predicted octanol–water partition coefficient (Wildman–Crippen LogP) is 1.24. The molecule has 0 saturated carbocycles. The Morgan fingerprint density at radius 2 is 2.19 bits per heavy atom. The summed E-state index contributed by atoms with van der Waals surface area (Å²) < 4.78 is 5.38. The van der Waals surface area contributed by atoms with Gasteiger partial charge in [-0.05, 0) is 31.4 Å². The molecular weight excluding hydrogens is 266 g/mol. The highest BCUT2D eigenvalue weighted by Gasteiger charge is 2.28. The first-order valence-corrected chi connectivity index (χ1v) is 7.44. The van der Waals surface area contributed by atoms with Gasteiger partial charge in [0.25, 0.3) is 0 Å². The van der Waals surface area contributed by atoms with Crippen LogP contribution in [0.3, 0.4) is 0 Å². The molecule has 0 aliphatic carbocycles. The van der Waals surface area contributed by atoms with E-state index < -0.39 is 0 Å². The number of nitrogens with zero attached hydrogens (tertiary/aromatic N) is 1. The third-order valence-corrected chi connectivity index (χ3v) is 4.37. The monoisotopic (exact) mass is 291 g/mol. The second-order valence-electron chi connectivity index (χ2n) is 5.81. The Morgan fingerprint density at radius 3 is 2.81 bits per heavy atom. The molecule has 21 heavy (non-hydrogen) atoms. The van der Waals surface area contributed by atoms with Crippen LogP contribution in [-0.2, 0) is 17.9 Å². The average molecular weight is 291 g/mol. The number of likely N-dealkylation sites (tertiary alicyclic amines) is 1. The van der Waals surface area contributed by atoms with Crippen LogP contribution in [-0.4, -0.2) is 30.5 Å². The summed E-state index contributed by atoms with van der Waals surface area (Å²) in [6.45, 7) is 4.19. The van der Waals surface area contributed by atoms with E-state index in [4.69, 9.17) is 16.2 Å². The maximum atomic E-state index is 11.4. The van der Waals surface area contributed by atoms with Crippen LogP contribution in [0, 0.1) is 5.92 Å². The van der Waals surface area contributed by atoms with E-state index in [0.717, 1.165) is 37.2 Å². The molecule has 2 unspecified atom stereocenters. The Kier molecular flexibility index (Phi) is 5.20. The molecule has 5 heteroatoms. The van der Waals surface area contributed by atoms with Gasteiger partial charge in [-0.25, -0.2) is 0 Å². The molecule has 0 radical (unpaired) electrons. The molecule has 1 aliphatic heterocycles. The van der Waals surface area contributed by atoms with E-state index in [1.165, 1.54) is 5.56 Å².